The Hall–Kier alpha value is -2.43. The van der Waals surface area contributed by atoms with Crippen LogP contribution in [0.15, 0.2) is 35.1 Å². The second-order valence-electron chi connectivity index (χ2n) is 6.07. The van der Waals surface area contributed by atoms with Gasteiger partial charge in [-0.1, -0.05) is 63.4 Å². The van der Waals surface area contributed by atoms with Gasteiger partial charge in [-0.2, -0.15) is 0 Å². The molecule has 0 saturated carbocycles. The molecule has 0 fully saturated rings. The van der Waals surface area contributed by atoms with Gasteiger partial charge >= 0.3 is 0 Å². The van der Waals surface area contributed by atoms with Crippen molar-refractivity contribution in [3.63, 3.8) is 0 Å². The molecule has 3 rings (SSSR count). The minimum atomic E-state index is -0.118. The molecule has 5 nitrogen and oxygen atoms in total. The zero-order valence-corrected chi connectivity index (χ0v) is 14.4. The third-order valence-corrected chi connectivity index (χ3v) is 4.28. The molecule has 5 heteroatoms. The van der Waals surface area contributed by atoms with Crippen LogP contribution in [0.3, 0.4) is 0 Å². The van der Waals surface area contributed by atoms with Crippen molar-refractivity contribution in [3.05, 3.63) is 52.2 Å². The number of fused-ring (bicyclic) bond motifs is 1. The summed E-state index contributed by atoms with van der Waals surface area (Å²) in [5.74, 6) is 1.48. The molecule has 3 aromatic rings. The summed E-state index contributed by atoms with van der Waals surface area (Å²) in [6, 6.07) is 9.73. The molecule has 0 aliphatic carbocycles. The van der Waals surface area contributed by atoms with E-state index in [-0.39, 0.29) is 5.56 Å². The van der Waals surface area contributed by atoms with Crippen molar-refractivity contribution in [2.45, 2.75) is 52.4 Å². The average Bonchev–Trinajstić information content (AvgIpc) is 2.98. The van der Waals surface area contributed by atoms with Crippen LogP contribution < -0.4 is 5.56 Å². The molecule has 0 radical (unpaired) electrons. The molecule has 0 aliphatic heterocycles. The van der Waals surface area contributed by atoms with Gasteiger partial charge in [0.05, 0.1) is 5.69 Å². The maximum Gasteiger partial charge on any atom is 0.277 e. The molecular formula is C19H24N4O. The zero-order valence-electron chi connectivity index (χ0n) is 14.4. The Labute approximate surface area is 141 Å². The van der Waals surface area contributed by atoms with Crippen molar-refractivity contribution in [1.82, 2.24) is 19.6 Å². The molecule has 1 N–H and O–H groups in total. The molecule has 0 atom stereocenters. The first kappa shape index (κ1) is 16.4. The van der Waals surface area contributed by atoms with E-state index in [4.69, 9.17) is 0 Å². The van der Waals surface area contributed by atoms with E-state index in [0.717, 1.165) is 36.3 Å². The number of benzene rings is 1. The van der Waals surface area contributed by atoms with E-state index in [9.17, 15) is 4.79 Å². The molecular weight excluding hydrogens is 300 g/mol. The SMILES string of the molecule is CCCCCCc1nc(CC)c2c(=O)[nH]c(-c3ccccc3)nn12. The fraction of sp³-hybridized carbons (Fsp3) is 0.421. The van der Waals surface area contributed by atoms with E-state index in [1.807, 2.05) is 37.3 Å². The summed E-state index contributed by atoms with van der Waals surface area (Å²) in [6.45, 7) is 4.22. The van der Waals surface area contributed by atoms with Crippen molar-refractivity contribution >= 4 is 5.52 Å². The van der Waals surface area contributed by atoms with Crippen molar-refractivity contribution in [2.24, 2.45) is 0 Å². The maximum absolute atomic E-state index is 12.6. The van der Waals surface area contributed by atoms with Gasteiger partial charge in [0.25, 0.3) is 5.56 Å². The standard InChI is InChI=1S/C19H24N4O/c1-3-5-6-10-13-16-20-15(4-2)17-19(24)21-18(22-23(16)17)14-11-8-7-9-12-14/h7-9,11-12H,3-6,10,13H2,1-2H3,(H,21,22,24). The maximum atomic E-state index is 12.6. The van der Waals surface area contributed by atoms with Gasteiger partial charge in [0.15, 0.2) is 11.3 Å². The van der Waals surface area contributed by atoms with Crippen LogP contribution >= 0.6 is 0 Å². The largest absolute Gasteiger partial charge is 0.303 e. The lowest BCUT2D eigenvalue weighted by molar-refractivity contribution is 0.642. The fourth-order valence-corrected chi connectivity index (χ4v) is 2.98. The predicted molar refractivity (Wildman–Crippen MR) is 96.3 cm³/mol. The summed E-state index contributed by atoms with van der Waals surface area (Å²) in [5, 5.41) is 4.67. The molecule has 0 spiro atoms. The lowest BCUT2D eigenvalue weighted by atomic mass is 10.1. The Morgan fingerprint density at radius 3 is 2.58 bits per heavy atom. The number of H-pyrrole nitrogens is 1. The van der Waals surface area contributed by atoms with Crippen LogP contribution in [-0.4, -0.2) is 19.6 Å². The van der Waals surface area contributed by atoms with E-state index in [0.29, 0.717) is 11.3 Å². The van der Waals surface area contributed by atoms with E-state index >= 15 is 0 Å². The topological polar surface area (TPSA) is 63.0 Å². The fourth-order valence-electron chi connectivity index (χ4n) is 2.98. The van der Waals surface area contributed by atoms with Crippen molar-refractivity contribution in [1.29, 1.82) is 0 Å². The minimum Gasteiger partial charge on any atom is -0.303 e. The molecule has 2 aromatic heterocycles. The van der Waals surface area contributed by atoms with E-state index in [1.165, 1.54) is 19.3 Å². The average molecular weight is 324 g/mol. The molecule has 0 bridgehead atoms. The van der Waals surface area contributed by atoms with Gasteiger partial charge in [0, 0.05) is 12.0 Å². The molecule has 0 aliphatic rings. The van der Waals surface area contributed by atoms with E-state index in [2.05, 4.69) is 22.0 Å². The van der Waals surface area contributed by atoms with Gasteiger partial charge < -0.3 is 4.98 Å². The molecule has 126 valence electrons. The minimum absolute atomic E-state index is 0.118. The first-order valence-corrected chi connectivity index (χ1v) is 8.80. The highest BCUT2D eigenvalue weighted by molar-refractivity contribution is 5.57. The Balaban J connectivity index is 2.05. The van der Waals surface area contributed by atoms with Crippen LogP contribution in [0.4, 0.5) is 0 Å². The van der Waals surface area contributed by atoms with Crippen LogP contribution in [0.1, 0.15) is 51.0 Å². The zero-order chi connectivity index (χ0) is 16.9. The number of hydrogen-bond donors (Lipinski definition) is 1. The van der Waals surface area contributed by atoms with Gasteiger partial charge in [-0.25, -0.2) is 9.50 Å². The molecule has 2 heterocycles. The highest BCUT2D eigenvalue weighted by atomic mass is 16.1. The van der Waals surface area contributed by atoms with Crippen LogP contribution in [0.5, 0.6) is 0 Å². The van der Waals surface area contributed by atoms with E-state index < -0.39 is 0 Å². The van der Waals surface area contributed by atoms with Gasteiger partial charge in [-0.05, 0) is 12.8 Å². The summed E-state index contributed by atoms with van der Waals surface area (Å²) < 4.78 is 1.76. The van der Waals surface area contributed by atoms with Gasteiger partial charge in [-0.3, -0.25) is 4.79 Å². The third-order valence-electron chi connectivity index (χ3n) is 4.28. The van der Waals surface area contributed by atoms with Gasteiger partial charge in [0.2, 0.25) is 0 Å². The number of imidazole rings is 1. The van der Waals surface area contributed by atoms with Crippen molar-refractivity contribution in [3.8, 4) is 11.4 Å². The first-order valence-electron chi connectivity index (χ1n) is 8.80. The summed E-state index contributed by atoms with van der Waals surface area (Å²) >= 11 is 0. The summed E-state index contributed by atoms with van der Waals surface area (Å²) in [7, 11) is 0. The van der Waals surface area contributed by atoms with Crippen LogP contribution in [0, 0.1) is 0 Å². The Bertz CT molecular complexity index is 864. The summed E-state index contributed by atoms with van der Waals surface area (Å²) in [6.07, 6.45) is 6.28. The Morgan fingerprint density at radius 1 is 1.08 bits per heavy atom. The first-order chi connectivity index (χ1) is 11.7. The van der Waals surface area contributed by atoms with Gasteiger partial charge in [-0.15, -0.1) is 5.10 Å². The number of aromatic amines is 1. The molecule has 0 unspecified atom stereocenters. The summed E-state index contributed by atoms with van der Waals surface area (Å²) in [4.78, 5) is 20.2. The third kappa shape index (κ3) is 3.25. The van der Waals surface area contributed by atoms with Crippen molar-refractivity contribution in [2.75, 3.05) is 0 Å². The Morgan fingerprint density at radius 2 is 1.88 bits per heavy atom. The summed E-state index contributed by atoms with van der Waals surface area (Å²) in [5.41, 5.74) is 2.20. The Kier molecular flexibility index (Phi) is 5.08. The lowest BCUT2D eigenvalue weighted by Crippen LogP contribution is -2.15. The number of aryl methyl sites for hydroxylation is 2. The number of nitrogens with one attached hydrogen (secondary N) is 1. The number of aromatic nitrogens is 4. The smallest absolute Gasteiger partial charge is 0.277 e. The highest BCUT2D eigenvalue weighted by Gasteiger charge is 2.15. The van der Waals surface area contributed by atoms with Crippen molar-refractivity contribution < 1.29 is 0 Å². The predicted octanol–water partition coefficient (Wildman–Crippen LogP) is 3.77. The van der Waals surface area contributed by atoms with Crippen LogP contribution in [0.25, 0.3) is 16.9 Å². The van der Waals surface area contributed by atoms with Crippen LogP contribution in [-0.2, 0) is 12.8 Å². The van der Waals surface area contributed by atoms with Crippen LogP contribution in [0.2, 0.25) is 0 Å². The van der Waals surface area contributed by atoms with E-state index in [1.54, 1.807) is 4.52 Å². The number of rotatable bonds is 7. The normalized spacial score (nSPS) is 11.2. The lowest BCUT2D eigenvalue weighted by Gasteiger charge is -2.04. The quantitative estimate of drug-likeness (QED) is 0.673. The molecule has 0 amide bonds. The van der Waals surface area contributed by atoms with Gasteiger partial charge in [0.1, 0.15) is 5.82 Å². The number of hydrogen-bond acceptors (Lipinski definition) is 3. The molecule has 0 saturated heterocycles. The number of unbranched alkanes of at least 4 members (excludes halogenated alkanes) is 3. The number of nitrogens with zero attached hydrogens (tertiary/aromatic N) is 3. The second-order valence-corrected chi connectivity index (χ2v) is 6.07. The molecule has 24 heavy (non-hydrogen) atoms. The molecule has 1 aromatic carbocycles. The second kappa shape index (κ2) is 7.43. The monoisotopic (exact) mass is 324 g/mol. The highest BCUT2D eigenvalue weighted by Crippen LogP contribution is 2.16.